The second-order valence-corrected chi connectivity index (χ2v) is 4.56. The summed E-state index contributed by atoms with van der Waals surface area (Å²) in [6.07, 6.45) is 1.59. The molecule has 0 aliphatic heterocycles. The van der Waals surface area contributed by atoms with Crippen molar-refractivity contribution >= 4 is 18.0 Å². The lowest BCUT2D eigenvalue weighted by atomic mass is 10.1. The number of aliphatic imine (C=N–C) groups is 1. The van der Waals surface area contributed by atoms with Gasteiger partial charge in [0, 0.05) is 33.3 Å². The van der Waals surface area contributed by atoms with Gasteiger partial charge in [-0.05, 0) is 0 Å². The van der Waals surface area contributed by atoms with Crippen LogP contribution in [0.3, 0.4) is 0 Å². The number of carbonyl (C=O) groups is 1. The van der Waals surface area contributed by atoms with Crippen molar-refractivity contribution < 1.29 is 23.7 Å². The van der Waals surface area contributed by atoms with Crippen LogP contribution >= 0.6 is 0 Å². The monoisotopic (exact) mass is 310 g/mol. The zero-order valence-corrected chi connectivity index (χ0v) is 13.6. The number of nitrogens with zero attached hydrogens (tertiary/aromatic N) is 2. The van der Waals surface area contributed by atoms with Gasteiger partial charge in [0.05, 0.1) is 38.4 Å². The van der Waals surface area contributed by atoms with Crippen molar-refractivity contribution in [2.24, 2.45) is 4.99 Å². The Kier molecular flexibility index (Phi) is 7.18. The largest absolute Gasteiger partial charge is 0.493 e. The highest BCUT2D eigenvalue weighted by Gasteiger charge is 2.17. The summed E-state index contributed by atoms with van der Waals surface area (Å²) < 4.78 is 20.6. The smallest absolute Gasteiger partial charge is 0.340 e. The lowest BCUT2D eigenvalue weighted by Crippen LogP contribution is -2.09. The lowest BCUT2D eigenvalue weighted by Gasteiger charge is -2.14. The van der Waals surface area contributed by atoms with Crippen molar-refractivity contribution in [3.05, 3.63) is 17.7 Å². The van der Waals surface area contributed by atoms with Crippen LogP contribution in [0, 0.1) is 0 Å². The molecule has 0 saturated heterocycles. The van der Waals surface area contributed by atoms with Crippen LogP contribution in [0.15, 0.2) is 17.1 Å². The van der Waals surface area contributed by atoms with E-state index in [0.29, 0.717) is 36.0 Å². The van der Waals surface area contributed by atoms with E-state index in [1.807, 2.05) is 14.1 Å². The Morgan fingerprint density at radius 1 is 1.18 bits per heavy atom. The molecule has 1 aromatic carbocycles. The molecule has 0 spiro atoms. The maximum atomic E-state index is 11.9. The fraction of sp³-hybridized carbons (Fsp3) is 0.467. The van der Waals surface area contributed by atoms with E-state index in [1.165, 1.54) is 14.2 Å². The number of esters is 1. The van der Waals surface area contributed by atoms with Crippen molar-refractivity contribution in [1.29, 1.82) is 0 Å². The molecule has 0 radical (unpaired) electrons. The van der Waals surface area contributed by atoms with E-state index >= 15 is 0 Å². The van der Waals surface area contributed by atoms with Crippen LogP contribution < -0.4 is 9.47 Å². The minimum Gasteiger partial charge on any atom is -0.493 e. The number of rotatable bonds is 8. The van der Waals surface area contributed by atoms with Gasteiger partial charge in [-0.25, -0.2) is 9.79 Å². The Bertz CT molecular complexity index is 529. The molecule has 7 heteroatoms. The quantitative estimate of drug-likeness (QED) is 0.315. The summed E-state index contributed by atoms with van der Waals surface area (Å²) in [5, 5.41) is 0. The van der Waals surface area contributed by atoms with Gasteiger partial charge < -0.3 is 23.8 Å². The molecule has 0 unspecified atom stereocenters. The molecule has 1 aromatic rings. The van der Waals surface area contributed by atoms with Gasteiger partial charge in [-0.1, -0.05) is 0 Å². The highest BCUT2D eigenvalue weighted by molar-refractivity contribution is 5.96. The van der Waals surface area contributed by atoms with Crippen LogP contribution in [-0.4, -0.2) is 65.8 Å². The molecule has 0 fully saturated rings. The van der Waals surface area contributed by atoms with Crippen LogP contribution in [0.2, 0.25) is 0 Å². The van der Waals surface area contributed by atoms with Crippen LogP contribution in [0.1, 0.15) is 10.4 Å². The molecule has 0 atom stereocenters. The topological polar surface area (TPSA) is 69.6 Å². The van der Waals surface area contributed by atoms with Crippen LogP contribution in [-0.2, 0) is 9.47 Å². The third-order valence-electron chi connectivity index (χ3n) is 2.66. The Labute approximate surface area is 130 Å². The van der Waals surface area contributed by atoms with Gasteiger partial charge in [-0.2, -0.15) is 0 Å². The summed E-state index contributed by atoms with van der Waals surface area (Å²) in [4.78, 5) is 17.9. The molecule has 122 valence electrons. The van der Waals surface area contributed by atoms with Crippen LogP contribution in [0.4, 0.5) is 5.69 Å². The SMILES string of the molecule is COCCOc1cc(N=CN(C)C)c(C(=O)OC)cc1OC. The van der Waals surface area contributed by atoms with Crippen molar-refractivity contribution in [3.8, 4) is 11.5 Å². The lowest BCUT2D eigenvalue weighted by molar-refractivity contribution is 0.0601. The third kappa shape index (κ3) is 4.92. The van der Waals surface area contributed by atoms with E-state index in [4.69, 9.17) is 18.9 Å². The highest BCUT2D eigenvalue weighted by Crippen LogP contribution is 2.35. The Morgan fingerprint density at radius 3 is 2.45 bits per heavy atom. The predicted octanol–water partition coefficient (Wildman–Crippen LogP) is 1.73. The average Bonchev–Trinajstić information content (AvgIpc) is 2.52. The molecule has 0 N–H and O–H groups in total. The molecule has 7 nitrogen and oxygen atoms in total. The Hall–Kier alpha value is -2.28. The van der Waals surface area contributed by atoms with Gasteiger partial charge in [0.15, 0.2) is 11.5 Å². The molecule has 0 saturated carbocycles. The number of hydrogen-bond acceptors (Lipinski definition) is 6. The number of benzene rings is 1. The summed E-state index contributed by atoms with van der Waals surface area (Å²) in [5.74, 6) is 0.422. The summed E-state index contributed by atoms with van der Waals surface area (Å²) in [6.45, 7) is 0.805. The van der Waals surface area contributed by atoms with Crippen LogP contribution in [0.25, 0.3) is 0 Å². The second kappa shape index (κ2) is 8.89. The van der Waals surface area contributed by atoms with E-state index in [-0.39, 0.29) is 0 Å². The summed E-state index contributed by atoms with van der Waals surface area (Å²) in [7, 11) is 8.08. The molecular formula is C15H22N2O5. The second-order valence-electron chi connectivity index (χ2n) is 4.56. The third-order valence-corrected chi connectivity index (χ3v) is 2.66. The molecular weight excluding hydrogens is 288 g/mol. The molecule has 0 aromatic heterocycles. The van der Waals surface area contributed by atoms with Crippen molar-refractivity contribution in [2.45, 2.75) is 0 Å². The summed E-state index contributed by atoms with van der Waals surface area (Å²) in [6, 6.07) is 3.19. The Morgan fingerprint density at radius 2 is 1.91 bits per heavy atom. The molecule has 0 heterocycles. The minimum absolute atomic E-state index is 0.302. The zero-order chi connectivity index (χ0) is 16.5. The van der Waals surface area contributed by atoms with E-state index in [1.54, 1.807) is 30.5 Å². The molecule has 0 aliphatic rings. The van der Waals surface area contributed by atoms with Gasteiger partial charge in [0.2, 0.25) is 0 Å². The van der Waals surface area contributed by atoms with Crippen molar-refractivity contribution in [1.82, 2.24) is 4.90 Å². The molecule has 0 amide bonds. The van der Waals surface area contributed by atoms with Gasteiger partial charge in [0.1, 0.15) is 6.61 Å². The molecule has 1 rings (SSSR count). The number of hydrogen-bond donors (Lipinski definition) is 0. The predicted molar refractivity (Wildman–Crippen MR) is 83.5 cm³/mol. The first kappa shape index (κ1) is 17.8. The van der Waals surface area contributed by atoms with E-state index < -0.39 is 5.97 Å². The van der Waals surface area contributed by atoms with Gasteiger partial charge in [-0.15, -0.1) is 0 Å². The summed E-state index contributed by atoms with van der Waals surface area (Å²) >= 11 is 0. The number of ether oxygens (including phenoxy) is 4. The highest BCUT2D eigenvalue weighted by atomic mass is 16.5. The average molecular weight is 310 g/mol. The molecule has 0 bridgehead atoms. The zero-order valence-electron chi connectivity index (χ0n) is 13.6. The number of carbonyl (C=O) groups excluding carboxylic acids is 1. The number of methoxy groups -OCH3 is 3. The van der Waals surface area contributed by atoms with Gasteiger partial charge in [-0.3, -0.25) is 0 Å². The van der Waals surface area contributed by atoms with Gasteiger partial charge >= 0.3 is 5.97 Å². The normalized spacial score (nSPS) is 10.6. The first-order valence-electron chi connectivity index (χ1n) is 6.66. The first-order valence-corrected chi connectivity index (χ1v) is 6.66. The maximum absolute atomic E-state index is 11.9. The van der Waals surface area contributed by atoms with Crippen molar-refractivity contribution in [2.75, 3.05) is 48.6 Å². The first-order chi connectivity index (χ1) is 10.5. The summed E-state index contributed by atoms with van der Waals surface area (Å²) in [5.41, 5.74) is 0.741. The van der Waals surface area contributed by atoms with E-state index in [9.17, 15) is 4.79 Å². The van der Waals surface area contributed by atoms with Gasteiger partial charge in [0.25, 0.3) is 0 Å². The maximum Gasteiger partial charge on any atom is 0.340 e. The van der Waals surface area contributed by atoms with E-state index in [0.717, 1.165) is 0 Å². The van der Waals surface area contributed by atoms with E-state index in [2.05, 4.69) is 4.99 Å². The van der Waals surface area contributed by atoms with Crippen LogP contribution in [0.5, 0.6) is 11.5 Å². The minimum atomic E-state index is -0.493. The fourth-order valence-corrected chi connectivity index (χ4v) is 1.61. The Balaban J connectivity index is 3.23. The van der Waals surface area contributed by atoms with Crippen molar-refractivity contribution in [3.63, 3.8) is 0 Å². The fourth-order valence-electron chi connectivity index (χ4n) is 1.61. The standard InChI is InChI=1S/C15H22N2O5/c1-17(2)10-16-12-9-14(22-7-6-19-3)13(20-4)8-11(12)15(18)21-5/h8-10H,6-7H2,1-5H3. The molecule has 0 aliphatic carbocycles. The molecule has 22 heavy (non-hydrogen) atoms.